The molecule has 3 heteroatoms. The van der Waals surface area contributed by atoms with Crippen molar-refractivity contribution in [2.75, 3.05) is 11.9 Å². The first-order chi connectivity index (χ1) is 12.6. The van der Waals surface area contributed by atoms with Gasteiger partial charge < -0.3 is 10.1 Å². The molecular weight excluding hydrogens is 322 g/mol. The van der Waals surface area contributed by atoms with E-state index in [1.165, 1.54) is 11.1 Å². The van der Waals surface area contributed by atoms with Gasteiger partial charge in [-0.3, -0.25) is 0 Å². The number of allylic oxidation sites excluding steroid dienone is 2. The summed E-state index contributed by atoms with van der Waals surface area (Å²) in [5, 5.41) is 3.71. The molecule has 3 nitrogen and oxygen atoms in total. The van der Waals surface area contributed by atoms with E-state index in [1.807, 2.05) is 32.0 Å². The van der Waals surface area contributed by atoms with E-state index in [-0.39, 0.29) is 5.97 Å². The number of nitrogens with one attached hydrogen (secondary N) is 1. The Balaban J connectivity index is 1.64. The lowest BCUT2D eigenvalue weighted by Crippen LogP contribution is -2.29. The molecule has 0 amide bonds. The molecule has 1 N–H and O–H groups in total. The molecule has 1 heterocycles. The Labute approximate surface area is 155 Å². The number of ether oxygens (including phenoxy) is 1. The predicted octanol–water partition coefficient (Wildman–Crippen LogP) is 5.33. The first-order valence-electron chi connectivity index (χ1n) is 9.42. The summed E-state index contributed by atoms with van der Waals surface area (Å²) < 4.78 is 5.40. The van der Waals surface area contributed by atoms with Crippen molar-refractivity contribution in [3.8, 4) is 0 Å². The summed E-state index contributed by atoms with van der Waals surface area (Å²) in [4.78, 5) is 12.4. The molecule has 0 aromatic heterocycles. The second kappa shape index (κ2) is 6.99. The maximum atomic E-state index is 12.4. The zero-order valence-corrected chi connectivity index (χ0v) is 15.3. The maximum Gasteiger partial charge on any atom is 0.338 e. The molecule has 2 aromatic rings. The molecule has 2 aliphatic rings. The third-order valence-corrected chi connectivity index (χ3v) is 5.30. The first-order valence-corrected chi connectivity index (χ1v) is 9.42. The van der Waals surface area contributed by atoms with Gasteiger partial charge in [0.15, 0.2) is 0 Å². The lowest BCUT2D eigenvalue weighted by atomic mass is 9.76. The lowest BCUT2D eigenvalue weighted by molar-refractivity contribution is 0.0459. The maximum absolute atomic E-state index is 12.4. The highest BCUT2D eigenvalue weighted by molar-refractivity contribution is 5.90. The molecule has 0 saturated carbocycles. The molecule has 1 aliphatic heterocycles. The minimum absolute atomic E-state index is 0.231. The van der Waals surface area contributed by atoms with Crippen LogP contribution in [-0.4, -0.2) is 12.6 Å². The largest absolute Gasteiger partial charge is 0.462 e. The Morgan fingerprint density at radius 3 is 2.77 bits per heavy atom. The fourth-order valence-corrected chi connectivity index (χ4v) is 4.04. The van der Waals surface area contributed by atoms with Gasteiger partial charge in [-0.05, 0) is 47.6 Å². The third-order valence-electron chi connectivity index (χ3n) is 5.30. The van der Waals surface area contributed by atoms with Gasteiger partial charge in [0.1, 0.15) is 0 Å². The van der Waals surface area contributed by atoms with Crippen LogP contribution in [0.1, 0.15) is 53.7 Å². The van der Waals surface area contributed by atoms with Gasteiger partial charge in [-0.1, -0.05) is 56.3 Å². The van der Waals surface area contributed by atoms with E-state index in [0.29, 0.717) is 36.0 Å². The van der Waals surface area contributed by atoms with Crippen LogP contribution in [0.5, 0.6) is 0 Å². The normalized spacial score (nSPS) is 23.3. The van der Waals surface area contributed by atoms with E-state index in [9.17, 15) is 4.79 Å². The predicted molar refractivity (Wildman–Crippen MR) is 104 cm³/mol. The van der Waals surface area contributed by atoms with Crippen LogP contribution in [0, 0.1) is 11.8 Å². The van der Waals surface area contributed by atoms with Gasteiger partial charge in [0.25, 0.3) is 0 Å². The first kappa shape index (κ1) is 16.9. The minimum atomic E-state index is -0.231. The van der Waals surface area contributed by atoms with Crippen LogP contribution in [0.15, 0.2) is 60.7 Å². The summed E-state index contributed by atoms with van der Waals surface area (Å²) in [6.07, 6.45) is 5.62. The molecule has 134 valence electrons. The number of benzene rings is 2. The summed E-state index contributed by atoms with van der Waals surface area (Å²) in [5.74, 6) is 0.929. The van der Waals surface area contributed by atoms with Crippen molar-refractivity contribution in [1.29, 1.82) is 0 Å². The molecule has 0 bridgehead atoms. The van der Waals surface area contributed by atoms with Crippen molar-refractivity contribution < 1.29 is 9.53 Å². The van der Waals surface area contributed by atoms with Crippen LogP contribution in [0.4, 0.5) is 5.69 Å². The molecule has 4 rings (SSSR count). The fourth-order valence-electron chi connectivity index (χ4n) is 4.04. The second-order valence-electron chi connectivity index (χ2n) is 7.68. The summed E-state index contributed by atoms with van der Waals surface area (Å²) >= 11 is 0. The molecule has 3 atom stereocenters. The molecule has 0 spiro atoms. The lowest BCUT2D eigenvalue weighted by Gasteiger charge is -2.37. The quantitative estimate of drug-likeness (QED) is 0.600. The van der Waals surface area contributed by atoms with Crippen LogP contribution < -0.4 is 5.32 Å². The molecule has 0 unspecified atom stereocenters. The van der Waals surface area contributed by atoms with Gasteiger partial charge in [-0.25, -0.2) is 4.79 Å². The number of anilines is 1. The highest BCUT2D eigenvalue weighted by atomic mass is 16.5. The number of hydrogen-bond donors (Lipinski definition) is 1. The molecular formula is C23H25NO2. The summed E-state index contributed by atoms with van der Waals surface area (Å²) in [6, 6.07) is 16.8. The standard InChI is InChI=1S/C23H25NO2/c1-15(2)14-26-23(25)17-11-12-21-20(13-17)18-9-6-10-19(18)22(24-21)16-7-4-3-5-8-16/h3-9,11-13,15,18-19,22,24H,10,14H2,1-2H3/t18-,19-,22+/m1/s1. The van der Waals surface area contributed by atoms with Crippen molar-refractivity contribution in [2.45, 2.75) is 32.2 Å². The molecule has 1 aliphatic carbocycles. The van der Waals surface area contributed by atoms with E-state index in [2.05, 4.69) is 47.8 Å². The third kappa shape index (κ3) is 3.14. The zero-order valence-electron chi connectivity index (χ0n) is 15.3. The monoisotopic (exact) mass is 347 g/mol. The second-order valence-corrected chi connectivity index (χ2v) is 7.68. The van der Waals surface area contributed by atoms with Crippen LogP contribution in [0.2, 0.25) is 0 Å². The van der Waals surface area contributed by atoms with Crippen molar-refractivity contribution in [3.63, 3.8) is 0 Å². The number of carbonyl (C=O) groups is 1. The Morgan fingerprint density at radius 1 is 1.19 bits per heavy atom. The smallest absolute Gasteiger partial charge is 0.338 e. The van der Waals surface area contributed by atoms with Crippen LogP contribution in [-0.2, 0) is 4.74 Å². The zero-order chi connectivity index (χ0) is 18.1. The van der Waals surface area contributed by atoms with Crippen molar-refractivity contribution >= 4 is 11.7 Å². The van der Waals surface area contributed by atoms with E-state index in [1.54, 1.807) is 0 Å². The Hall–Kier alpha value is -2.55. The average molecular weight is 347 g/mol. The van der Waals surface area contributed by atoms with Crippen molar-refractivity contribution in [2.24, 2.45) is 11.8 Å². The number of carbonyl (C=O) groups excluding carboxylic acids is 1. The van der Waals surface area contributed by atoms with Gasteiger partial charge in [-0.15, -0.1) is 0 Å². The molecule has 0 saturated heterocycles. The van der Waals surface area contributed by atoms with Gasteiger partial charge in [0, 0.05) is 11.6 Å². The van der Waals surface area contributed by atoms with Crippen molar-refractivity contribution in [1.82, 2.24) is 0 Å². The van der Waals surface area contributed by atoms with E-state index in [4.69, 9.17) is 4.74 Å². The molecule has 26 heavy (non-hydrogen) atoms. The SMILES string of the molecule is CC(C)COC(=O)c1ccc2c(c1)[C@@H]1C=CC[C@H]1[C@H](c1ccccc1)N2. The minimum Gasteiger partial charge on any atom is -0.462 e. The number of fused-ring (bicyclic) bond motifs is 3. The molecule has 2 aromatic carbocycles. The van der Waals surface area contributed by atoms with Gasteiger partial charge in [0.05, 0.1) is 18.2 Å². The van der Waals surface area contributed by atoms with Gasteiger partial charge in [0.2, 0.25) is 0 Å². The Kier molecular flexibility index (Phi) is 4.54. The van der Waals surface area contributed by atoms with Crippen LogP contribution in [0.25, 0.3) is 0 Å². The van der Waals surface area contributed by atoms with Gasteiger partial charge >= 0.3 is 5.97 Å². The van der Waals surface area contributed by atoms with Crippen LogP contribution in [0.3, 0.4) is 0 Å². The van der Waals surface area contributed by atoms with Gasteiger partial charge in [-0.2, -0.15) is 0 Å². The van der Waals surface area contributed by atoms with E-state index in [0.717, 1.165) is 12.1 Å². The molecule has 0 fully saturated rings. The van der Waals surface area contributed by atoms with E-state index >= 15 is 0 Å². The summed E-state index contributed by atoms with van der Waals surface area (Å²) in [7, 11) is 0. The number of hydrogen-bond acceptors (Lipinski definition) is 3. The topological polar surface area (TPSA) is 38.3 Å². The van der Waals surface area contributed by atoms with Crippen molar-refractivity contribution in [3.05, 3.63) is 77.4 Å². The Morgan fingerprint density at radius 2 is 2.00 bits per heavy atom. The summed E-state index contributed by atoms with van der Waals surface area (Å²) in [6.45, 7) is 4.54. The number of esters is 1. The highest BCUT2D eigenvalue weighted by Crippen LogP contribution is 2.49. The van der Waals surface area contributed by atoms with E-state index < -0.39 is 0 Å². The highest BCUT2D eigenvalue weighted by Gasteiger charge is 2.38. The fraction of sp³-hybridized carbons (Fsp3) is 0.348. The summed E-state index contributed by atoms with van der Waals surface area (Å²) in [5.41, 5.74) is 4.28. The van der Waals surface area contributed by atoms with Crippen LogP contribution >= 0.6 is 0 Å². The average Bonchev–Trinajstić information content (AvgIpc) is 3.16. The molecule has 0 radical (unpaired) electrons. The number of rotatable bonds is 4. The Bertz CT molecular complexity index is 825.